The van der Waals surface area contributed by atoms with E-state index in [9.17, 15) is 15.0 Å². The third-order valence-electron chi connectivity index (χ3n) is 4.23. The first-order chi connectivity index (χ1) is 12.5. The molecular weight excluding hydrogens is 366 g/mol. The first kappa shape index (κ1) is 22.7. The molecule has 146 valence electrons. The van der Waals surface area contributed by atoms with Gasteiger partial charge in [-0.3, -0.25) is 4.79 Å². The van der Waals surface area contributed by atoms with Crippen LogP contribution in [-0.2, 0) is 4.79 Å². The number of allylic oxidation sites excluding steroid dienone is 1. The smallest absolute Gasteiger partial charge is 0.161 e. The first-order valence-electron chi connectivity index (χ1n) is 8.65. The number of phenolic OH excluding ortho intramolecular Hbond substituents is 1. The molecule has 0 heterocycles. The summed E-state index contributed by atoms with van der Waals surface area (Å²) in [6.45, 7) is 2.55. The van der Waals surface area contributed by atoms with Gasteiger partial charge in [0.25, 0.3) is 0 Å². The standard InChI is InChI=1S/C21H25NO4.ClH/c1-15(21(25)17-6-4-3-5-7-17)22-13-12-18(23)10-8-16-9-11-19(24)20(14-16)26-2;/h3-11,14-15,21-22,24-25H,12-13H2,1-2H3;1H/b10-8+;. The SMILES string of the molecule is COc1cc(/C=C/C(=O)CC[NH2+]C(C)C(O)c2ccccc2)ccc1O.[Cl-]. The molecule has 5 nitrogen and oxygen atoms in total. The van der Waals surface area contributed by atoms with E-state index in [2.05, 4.69) is 0 Å². The predicted octanol–water partition coefficient (Wildman–Crippen LogP) is -0.937. The summed E-state index contributed by atoms with van der Waals surface area (Å²) in [5, 5.41) is 21.9. The number of methoxy groups -OCH3 is 1. The second kappa shape index (κ2) is 11.4. The third-order valence-corrected chi connectivity index (χ3v) is 4.23. The molecule has 0 bridgehead atoms. The molecule has 2 aromatic rings. The van der Waals surface area contributed by atoms with Crippen LogP contribution in [0.4, 0.5) is 0 Å². The zero-order valence-corrected chi connectivity index (χ0v) is 16.3. The van der Waals surface area contributed by atoms with Crippen molar-refractivity contribution < 1.29 is 37.5 Å². The van der Waals surface area contributed by atoms with Crippen molar-refractivity contribution >= 4 is 11.9 Å². The Hall–Kier alpha value is -2.34. The summed E-state index contributed by atoms with van der Waals surface area (Å²) in [4.78, 5) is 12.0. The van der Waals surface area contributed by atoms with Crippen LogP contribution in [-0.4, -0.2) is 35.7 Å². The van der Waals surface area contributed by atoms with E-state index in [1.807, 2.05) is 42.6 Å². The predicted molar refractivity (Wildman–Crippen MR) is 101 cm³/mol. The minimum Gasteiger partial charge on any atom is -1.00 e. The number of aromatic hydroxyl groups is 1. The van der Waals surface area contributed by atoms with Crippen LogP contribution in [0.3, 0.4) is 0 Å². The maximum Gasteiger partial charge on any atom is 0.161 e. The van der Waals surface area contributed by atoms with Gasteiger partial charge in [0, 0.05) is 0 Å². The number of phenols is 1. The zero-order valence-electron chi connectivity index (χ0n) is 15.5. The number of benzene rings is 2. The lowest BCUT2D eigenvalue weighted by Crippen LogP contribution is -3.00. The van der Waals surface area contributed by atoms with Crippen molar-refractivity contribution in [1.29, 1.82) is 0 Å². The summed E-state index contributed by atoms with van der Waals surface area (Å²) in [5.41, 5.74) is 1.66. The van der Waals surface area contributed by atoms with Crippen molar-refractivity contribution in [2.75, 3.05) is 13.7 Å². The molecule has 27 heavy (non-hydrogen) atoms. The number of halogens is 1. The molecule has 2 aromatic carbocycles. The van der Waals surface area contributed by atoms with Gasteiger partial charge < -0.3 is 32.7 Å². The van der Waals surface area contributed by atoms with Crippen LogP contribution in [0.15, 0.2) is 54.6 Å². The molecule has 0 aromatic heterocycles. The second-order valence-electron chi connectivity index (χ2n) is 6.22. The van der Waals surface area contributed by atoms with E-state index in [0.717, 1.165) is 11.1 Å². The van der Waals surface area contributed by atoms with E-state index in [4.69, 9.17) is 4.74 Å². The topological polar surface area (TPSA) is 83.4 Å². The van der Waals surface area contributed by atoms with Gasteiger partial charge >= 0.3 is 0 Å². The van der Waals surface area contributed by atoms with Gasteiger partial charge in [-0.05, 0) is 36.3 Å². The quantitative estimate of drug-likeness (QED) is 0.482. The van der Waals surface area contributed by atoms with Crippen molar-refractivity contribution in [2.24, 2.45) is 0 Å². The number of hydrogen-bond donors (Lipinski definition) is 3. The highest BCUT2D eigenvalue weighted by Crippen LogP contribution is 2.26. The Morgan fingerprint density at radius 2 is 1.93 bits per heavy atom. The third kappa shape index (κ3) is 7.06. The Morgan fingerprint density at radius 1 is 1.22 bits per heavy atom. The highest BCUT2D eigenvalue weighted by Gasteiger charge is 2.18. The van der Waals surface area contributed by atoms with E-state index < -0.39 is 6.10 Å². The maximum absolute atomic E-state index is 12.0. The number of ether oxygens (including phenoxy) is 1. The Balaban J connectivity index is 0.00000364. The fraction of sp³-hybridized carbons (Fsp3) is 0.286. The molecule has 0 saturated carbocycles. The molecule has 0 spiro atoms. The van der Waals surface area contributed by atoms with Crippen molar-refractivity contribution in [3.63, 3.8) is 0 Å². The van der Waals surface area contributed by atoms with E-state index in [1.54, 1.807) is 18.2 Å². The lowest BCUT2D eigenvalue weighted by Gasteiger charge is -2.17. The zero-order chi connectivity index (χ0) is 18.9. The Morgan fingerprint density at radius 3 is 2.59 bits per heavy atom. The van der Waals surface area contributed by atoms with E-state index in [0.29, 0.717) is 18.7 Å². The average Bonchev–Trinajstić information content (AvgIpc) is 2.67. The summed E-state index contributed by atoms with van der Waals surface area (Å²) in [5.74, 6) is 0.447. The van der Waals surface area contributed by atoms with Crippen LogP contribution < -0.4 is 22.5 Å². The van der Waals surface area contributed by atoms with Gasteiger partial charge in [0.05, 0.1) is 20.1 Å². The van der Waals surface area contributed by atoms with Gasteiger partial charge in [-0.2, -0.15) is 0 Å². The molecule has 2 unspecified atom stereocenters. The van der Waals surface area contributed by atoms with Crippen LogP contribution in [0.25, 0.3) is 6.08 Å². The fourth-order valence-corrected chi connectivity index (χ4v) is 2.64. The maximum atomic E-state index is 12.0. The highest BCUT2D eigenvalue weighted by molar-refractivity contribution is 5.93. The minimum atomic E-state index is -0.564. The van der Waals surface area contributed by atoms with Crippen LogP contribution in [0.1, 0.15) is 30.6 Å². The average molecular weight is 392 g/mol. The van der Waals surface area contributed by atoms with Gasteiger partial charge in [-0.15, -0.1) is 0 Å². The number of carbonyl (C=O) groups is 1. The van der Waals surface area contributed by atoms with Crippen molar-refractivity contribution in [2.45, 2.75) is 25.5 Å². The number of aliphatic hydroxyl groups is 1. The largest absolute Gasteiger partial charge is 1.00 e. The molecular formula is C21H26ClNO4. The number of ketones is 1. The minimum absolute atomic E-state index is 0. The van der Waals surface area contributed by atoms with Crippen molar-refractivity contribution in [3.05, 3.63) is 65.7 Å². The normalized spacial score (nSPS) is 13.0. The number of aliphatic hydroxyl groups excluding tert-OH is 1. The first-order valence-corrected chi connectivity index (χ1v) is 8.65. The molecule has 0 aliphatic rings. The molecule has 0 fully saturated rings. The molecule has 0 aliphatic heterocycles. The molecule has 0 saturated heterocycles. The van der Waals surface area contributed by atoms with Crippen LogP contribution in [0, 0.1) is 0 Å². The molecule has 4 N–H and O–H groups in total. The summed E-state index contributed by atoms with van der Waals surface area (Å²) in [6, 6.07) is 14.4. The number of nitrogens with two attached hydrogens (primary N) is 1. The Bertz CT molecular complexity index is 749. The van der Waals surface area contributed by atoms with Gasteiger partial charge in [0.1, 0.15) is 12.1 Å². The highest BCUT2D eigenvalue weighted by atomic mass is 35.5. The van der Waals surface area contributed by atoms with E-state index >= 15 is 0 Å². The second-order valence-corrected chi connectivity index (χ2v) is 6.22. The van der Waals surface area contributed by atoms with Gasteiger partial charge in [0.15, 0.2) is 17.3 Å². The van der Waals surface area contributed by atoms with E-state index in [1.165, 1.54) is 19.3 Å². The van der Waals surface area contributed by atoms with Crippen LogP contribution >= 0.6 is 0 Å². The van der Waals surface area contributed by atoms with Crippen molar-refractivity contribution in [3.8, 4) is 11.5 Å². The summed E-state index contributed by atoms with van der Waals surface area (Å²) in [6.07, 6.45) is 3.05. The molecule has 6 heteroatoms. The van der Waals surface area contributed by atoms with Crippen LogP contribution in [0.2, 0.25) is 0 Å². The monoisotopic (exact) mass is 391 g/mol. The lowest BCUT2D eigenvalue weighted by atomic mass is 10.0. The summed E-state index contributed by atoms with van der Waals surface area (Å²) in [7, 11) is 1.48. The van der Waals surface area contributed by atoms with E-state index in [-0.39, 0.29) is 30.0 Å². The van der Waals surface area contributed by atoms with Gasteiger partial charge in [-0.1, -0.05) is 42.5 Å². The Kier molecular flexibility index (Phi) is 9.58. The fourth-order valence-electron chi connectivity index (χ4n) is 2.64. The molecule has 2 rings (SSSR count). The Labute approximate surface area is 166 Å². The lowest BCUT2D eigenvalue weighted by molar-refractivity contribution is -0.693. The van der Waals surface area contributed by atoms with Gasteiger partial charge in [0.2, 0.25) is 0 Å². The molecule has 0 aliphatic carbocycles. The summed E-state index contributed by atoms with van der Waals surface area (Å²) < 4.78 is 5.05. The summed E-state index contributed by atoms with van der Waals surface area (Å²) >= 11 is 0. The molecule has 2 atom stereocenters. The molecule has 0 radical (unpaired) electrons. The number of quaternary nitrogens is 1. The number of rotatable bonds is 9. The molecule has 0 amide bonds. The number of hydrogen-bond acceptors (Lipinski definition) is 4. The number of carbonyl (C=O) groups excluding carboxylic acids is 1. The van der Waals surface area contributed by atoms with Crippen LogP contribution in [0.5, 0.6) is 11.5 Å². The van der Waals surface area contributed by atoms with Crippen molar-refractivity contribution in [1.82, 2.24) is 0 Å². The van der Waals surface area contributed by atoms with Gasteiger partial charge in [-0.25, -0.2) is 0 Å².